The van der Waals surface area contributed by atoms with Gasteiger partial charge >= 0.3 is 0 Å². The van der Waals surface area contributed by atoms with Crippen LogP contribution in [0.5, 0.6) is 0 Å². The van der Waals surface area contributed by atoms with Crippen LogP contribution in [0.4, 0.5) is 0 Å². The van der Waals surface area contributed by atoms with Crippen molar-refractivity contribution in [2.75, 3.05) is 13.1 Å². The highest BCUT2D eigenvalue weighted by atomic mass is 16.2. The number of carbonyl (C=O) groups is 1. The minimum Gasteiger partial charge on any atom is -0.343 e. The van der Waals surface area contributed by atoms with Gasteiger partial charge in [-0.15, -0.1) is 0 Å². The van der Waals surface area contributed by atoms with Gasteiger partial charge in [0, 0.05) is 19.5 Å². The maximum atomic E-state index is 11.1. The molecule has 0 aliphatic carbocycles. The zero-order valence-electron chi connectivity index (χ0n) is 12.6. The van der Waals surface area contributed by atoms with Crippen LogP contribution in [0.1, 0.15) is 89.0 Å². The van der Waals surface area contributed by atoms with Crippen molar-refractivity contribution in [3.05, 3.63) is 0 Å². The molecule has 0 saturated carbocycles. The van der Waals surface area contributed by atoms with Gasteiger partial charge in [0.2, 0.25) is 5.91 Å². The first kappa shape index (κ1) is 30.5. The molecule has 0 spiro atoms. The number of carbonyl (C=O) groups excluding carboxylic acids is 1. The van der Waals surface area contributed by atoms with Gasteiger partial charge in [-0.3, -0.25) is 4.79 Å². The second-order valence-electron chi connectivity index (χ2n) is 3.74. The highest BCUT2D eigenvalue weighted by molar-refractivity contribution is 5.75. The van der Waals surface area contributed by atoms with E-state index in [1.165, 1.54) is 12.8 Å². The Labute approximate surface area is 118 Å². The molecular formula is C16H41NO. The molecule has 116 valence electrons. The van der Waals surface area contributed by atoms with Crippen molar-refractivity contribution in [3.63, 3.8) is 0 Å². The highest BCUT2D eigenvalue weighted by Gasteiger charge is 2.05. The average Bonchev–Trinajstić information content (AvgIpc) is 2.27. The van der Waals surface area contributed by atoms with E-state index in [1.54, 1.807) is 0 Å². The van der Waals surface area contributed by atoms with E-state index in [2.05, 4.69) is 34.6 Å². The lowest BCUT2D eigenvalue weighted by molar-refractivity contribution is -0.130. The molecule has 0 fully saturated rings. The van der Waals surface area contributed by atoms with Crippen molar-refractivity contribution < 1.29 is 4.79 Å². The Balaban J connectivity index is -0.0000000603. The predicted molar refractivity (Wildman–Crippen MR) is 88.2 cm³/mol. The molecule has 0 bridgehead atoms. The number of hydrogen-bond donors (Lipinski definition) is 0. The van der Waals surface area contributed by atoms with Gasteiger partial charge in [-0.25, -0.2) is 0 Å². The molecule has 2 heteroatoms. The third-order valence-electron chi connectivity index (χ3n) is 1.53. The molecule has 1 amide bonds. The highest BCUT2D eigenvalue weighted by Crippen LogP contribution is 1.94. The van der Waals surface area contributed by atoms with E-state index in [0.717, 1.165) is 19.5 Å². The SMILES string of the molecule is C.C.CCC.CCC.CCCN(CC)C(=O)CC. The summed E-state index contributed by atoms with van der Waals surface area (Å²) in [5.41, 5.74) is 0. The molecule has 0 aromatic carbocycles. The molecule has 0 radical (unpaired) electrons. The smallest absolute Gasteiger partial charge is 0.222 e. The van der Waals surface area contributed by atoms with E-state index < -0.39 is 0 Å². The Hall–Kier alpha value is -0.530. The molecule has 0 unspecified atom stereocenters. The molecule has 0 aliphatic heterocycles. The standard InChI is InChI=1S/C8H17NO.2C3H8.2CH4/c1-4-7-9(6-3)8(10)5-2;2*1-3-2;;/h4-7H2,1-3H3;2*3H2,1-2H3;2*1H4. The lowest BCUT2D eigenvalue weighted by Crippen LogP contribution is -2.30. The van der Waals surface area contributed by atoms with Gasteiger partial charge < -0.3 is 4.90 Å². The Kier molecular flexibility index (Phi) is 50.7. The van der Waals surface area contributed by atoms with Crippen LogP contribution in [-0.2, 0) is 4.79 Å². The topological polar surface area (TPSA) is 20.3 Å². The number of amides is 1. The maximum Gasteiger partial charge on any atom is 0.222 e. The van der Waals surface area contributed by atoms with Gasteiger partial charge in [-0.1, -0.05) is 69.2 Å². The van der Waals surface area contributed by atoms with Crippen molar-refractivity contribution >= 4 is 5.91 Å². The largest absolute Gasteiger partial charge is 0.343 e. The van der Waals surface area contributed by atoms with Crippen molar-refractivity contribution in [1.82, 2.24) is 4.90 Å². The number of rotatable bonds is 4. The molecule has 0 atom stereocenters. The van der Waals surface area contributed by atoms with E-state index >= 15 is 0 Å². The van der Waals surface area contributed by atoms with Gasteiger partial charge in [0.25, 0.3) is 0 Å². The summed E-state index contributed by atoms with van der Waals surface area (Å²) in [6.07, 6.45) is 4.19. The third-order valence-corrected chi connectivity index (χ3v) is 1.53. The van der Waals surface area contributed by atoms with Crippen LogP contribution in [-0.4, -0.2) is 23.9 Å². The van der Waals surface area contributed by atoms with Crippen LogP contribution >= 0.6 is 0 Å². The normalized spacial score (nSPS) is 7.28. The second kappa shape index (κ2) is 30.0. The molecule has 0 saturated heterocycles. The summed E-state index contributed by atoms with van der Waals surface area (Å²) in [5, 5.41) is 0. The van der Waals surface area contributed by atoms with Crippen LogP contribution in [0.3, 0.4) is 0 Å². The summed E-state index contributed by atoms with van der Waals surface area (Å²) >= 11 is 0. The Morgan fingerprint density at radius 3 is 1.33 bits per heavy atom. The molecule has 2 nitrogen and oxygen atoms in total. The van der Waals surface area contributed by atoms with Gasteiger partial charge in [-0.2, -0.15) is 0 Å². The van der Waals surface area contributed by atoms with Crippen molar-refractivity contribution in [3.8, 4) is 0 Å². The molecule has 0 aromatic heterocycles. The monoisotopic (exact) mass is 263 g/mol. The van der Waals surface area contributed by atoms with Crippen LogP contribution in [0.2, 0.25) is 0 Å². The summed E-state index contributed by atoms with van der Waals surface area (Å²) in [7, 11) is 0. The van der Waals surface area contributed by atoms with Gasteiger partial charge in [0.05, 0.1) is 0 Å². The first-order valence-electron chi connectivity index (χ1n) is 6.86. The second-order valence-corrected chi connectivity index (χ2v) is 3.74. The summed E-state index contributed by atoms with van der Waals surface area (Å²) in [6, 6.07) is 0. The van der Waals surface area contributed by atoms with E-state index in [1.807, 2.05) is 18.7 Å². The Morgan fingerprint density at radius 2 is 1.17 bits per heavy atom. The van der Waals surface area contributed by atoms with Crippen LogP contribution in [0.15, 0.2) is 0 Å². The Morgan fingerprint density at radius 1 is 0.833 bits per heavy atom. The van der Waals surface area contributed by atoms with E-state index in [-0.39, 0.29) is 20.8 Å². The molecular weight excluding hydrogens is 222 g/mol. The fourth-order valence-corrected chi connectivity index (χ4v) is 0.953. The third kappa shape index (κ3) is 29.5. The van der Waals surface area contributed by atoms with E-state index in [0.29, 0.717) is 6.42 Å². The molecule has 0 aromatic rings. The number of hydrogen-bond acceptors (Lipinski definition) is 1. The van der Waals surface area contributed by atoms with Crippen molar-refractivity contribution in [1.29, 1.82) is 0 Å². The molecule has 0 heterocycles. The van der Waals surface area contributed by atoms with Crippen LogP contribution in [0.25, 0.3) is 0 Å². The first-order chi connectivity index (χ1) is 7.59. The van der Waals surface area contributed by atoms with Gasteiger partial charge in [0.15, 0.2) is 0 Å². The Bertz CT molecular complexity index is 122. The summed E-state index contributed by atoms with van der Waals surface area (Å²) < 4.78 is 0. The van der Waals surface area contributed by atoms with E-state index in [4.69, 9.17) is 0 Å². The lowest BCUT2D eigenvalue weighted by Gasteiger charge is -2.18. The van der Waals surface area contributed by atoms with Crippen molar-refractivity contribution in [2.24, 2.45) is 0 Å². The van der Waals surface area contributed by atoms with Crippen LogP contribution in [0, 0.1) is 0 Å². The quantitative estimate of drug-likeness (QED) is 0.631. The van der Waals surface area contributed by atoms with Gasteiger partial charge in [0.1, 0.15) is 0 Å². The molecule has 0 aliphatic rings. The zero-order valence-corrected chi connectivity index (χ0v) is 12.6. The first-order valence-corrected chi connectivity index (χ1v) is 6.86. The molecule has 0 rings (SSSR count). The fourth-order valence-electron chi connectivity index (χ4n) is 0.953. The minimum absolute atomic E-state index is 0. The minimum atomic E-state index is 0. The number of nitrogens with zero attached hydrogens (tertiary/aromatic N) is 1. The zero-order chi connectivity index (χ0) is 13.4. The fraction of sp³-hybridized carbons (Fsp3) is 0.938. The van der Waals surface area contributed by atoms with E-state index in [9.17, 15) is 4.79 Å². The molecule has 0 N–H and O–H groups in total. The summed E-state index contributed by atoms with van der Waals surface area (Å²) in [6.45, 7) is 16.3. The lowest BCUT2D eigenvalue weighted by atomic mass is 10.3. The average molecular weight is 264 g/mol. The molecule has 18 heavy (non-hydrogen) atoms. The summed E-state index contributed by atoms with van der Waals surface area (Å²) in [5.74, 6) is 0.268. The van der Waals surface area contributed by atoms with Gasteiger partial charge in [-0.05, 0) is 13.3 Å². The predicted octanol–water partition coefficient (Wildman–Crippen LogP) is 5.76. The maximum absolute atomic E-state index is 11.1. The van der Waals surface area contributed by atoms with Crippen LogP contribution < -0.4 is 0 Å². The van der Waals surface area contributed by atoms with Crippen molar-refractivity contribution in [2.45, 2.75) is 89.0 Å². The summed E-state index contributed by atoms with van der Waals surface area (Å²) in [4.78, 5) is 12.9.